The minimum Gasteiger partial charge on any atom is -0.341 e. The van der Waals surface area contributed by atoms with Gasteiger partial charge >= 0.3 is 0 Å². The summed E-state index contributed by atoms with van der Waals surface area (Å²) in [6.45, 7) is 3.19. The summed E-state index contributed by atoms with van der Waals surface area (Å²) < 4.78 is 5.40. The van der Waals surface area contributed by atoms with Crippen LogP contribution in [0, 0.1) is 6.92 Å². The van der Waals surface area contributed by atoms with E-state index in [1.807, 2.05) is 65.6 Å². The second kappa shape index (κ2) is 8.86. The minimum absolute atomic E-state index is 0.0947. The quantitative estimate of drug-likeness (QED) is 0.500. The number of aryl methyl sites for hydroxylation is 1. The number of likely N-dealkylation sites (tertiary alicyclic amines) is 1. The maximum atomic E-state index is 13.6. The van der Waals surface area contributed by atoms with Gasteiger partial charge in [-0.2, -0.15) is 0 Å². The van der Waals surface area contributed by atoms with Crippen LogP contribution in [0.3, 0.4) is 0 Å². The van der Waals surface area contributed by atoms with E-state index in [1.165, 1.54) is 0 Å². The van der Waals surface area contributed by atoms with E-state index in [0.717, 1.165) is 24.0 Å². The van der Waals surface area contributed by atoms with E-state index in [4.69, 9.17) is 4.52 Å². The van der Waals surface area contributed by atoms with Gasteiger partial charge < -0.3 is 14.7 Å². The standard InChI is InChI=1S/C26H24N4O3/c1-17-22-20(16-21(27-25(22)33-29-17)18-10-4-2-5-11-18)24(31)28-23(19-12-6-3-7-13-19)26(32)30-14-8-9-15-30/h2-7,10-13,16,23H,8-9,14-15H2,1H3,(H,28,31)/t23-/m0/s1. The highest BCUT2D eigenvalue weighted by Crippen LogP contribution is 2.28. The van der Waals surface area contributed by atoms with Crippen molar-refractivity contribution in [2.24, 2.45) is 0 Å². The Kier molecular flexibility index (Phi) is 5.60. The van der Waals surface area contributed by atoms with E-state index in [2.05, 4.69) is 15.5 Å². The number of carbonyl (C=O) groups excluding carboxylic acids is 2. The molecule has 2 aromatic carbocycles. The van der Waals surface area contributed by atoms with Gasteiger partial charge in [0.15, 0.2) is 0 Å². The number of benzene rings is 2. The van der Waals surface area contributed by atoms with Crippen molar-refractivity contribution < 1.29 is 14.1 Å². The summed E-state index contributed by atoms with van der Waals surface area (Å²) in [4.78, 5) is 33.3. The van der Waals surface area contributed by atoms with Gasteiger partial charge in [-0.25, -0.2) is 4.98 Å². The maximum Gasteiger partial charge on any atom is 0.259 e. The third-order valence-electron chi connectivity index (χ3n) is 6.00. The molecule has 1 aliphatic heterocycles. The second-order valence-corrected chi connectivity index (χ2v) is 8.22. The number of hydrogen-bond acceptors (Lipinski definition) is 5. The molecule has 0 bridgehead atoms. The number of aromatic nitrogens is 2. The van der Waals surface area contributed by atoms with Crippen LogP contribution >= 0.6 is 0 Å². The summed E-state index contributed by atoms with van der Waals surface area (Å²) in [7, 11) is 0. The first kappa shape index (κ1) is 20.9. The SMILES string of the molecule is Cc1noc2nc(-c3ccccc3)cc(C(=O)N[C@H](C(=O)N3CCCC3)c3ccccc3)c12. The Balaban J connectivity index is 1.55. The summed E-state index contributed by atoms with van der Waals surface area (Å²) in [6.07, 6.45) is 1.96. The average Bonchev–Trinajstić information content (AvgIpc) is 3.53. The summed E-state index contributed by atoms with van der Waals surface area (Å²) in [6, 6.07) is 19.9. The van der Waals surface area contributed by atoms with Gasteiger partial charge in [-0.15, -0.1) is 0 Å². The highest BCUT2D eigenvalue weighted by atomic mass is 16.5. The number of nitrogens with one attached hydrogen (secondary N) is 1. The molecule has 2 amide bonds. The number of pyridine rings is 1. The number of fused-ring (bicyclic) bond motifs is 1. The first-order valence-corrected chi connectivity index (χ1v) is 11.1. The monoisotopic (exact) mass is 440 g/mol. The molecule has 1 aliphatic rings. The summed E-state index contributed by atoms with van der Waals surface area (Å²) in [5.41, 5.74) is 3.46. The number of rotatable bonds is 5. The fourth-order valence-corrected chi connectivity index (χ4v) is 4.29. The van der Waals surface area contributed by atoms with Crippen molar-refractivity contribution in [1.82, 2.24) is 20.4 Å². The molecule has 3 heterocycles. The number of nitrogens with zero attached hydrogens (tertiary/aromatic N) is 3. The molecule has 1 N–H and O–H groups in total. The van der Waals surface area contributed by atoms with Crippen LogP contribution in [-0.2, 0) is 4.79 Å². The maximum absolute atomic E-state index is 13.6. The molecule has 0 unspecified atom stereocenters. The van der Waals surface area contributed by atoms with Crippen LogP contribution in [0.1, 0.15) is 40.5 Å². The third-order valence-corrected chi connectivity index (χ3v) is 6.00. The molecule has 1 saturated heterocycles. The summed E-state index contributed by atoms with van der Waals surface area (Å²) >= 11 is 0. The first-order valence-electron chi connectivity index (χ1n) is 11.1. The zero-order valence-corrected chi connectivity index (χ0v) is 18.3. The second-order valence-electron chi connectivity index (χ2n) is 8.22. The van der Waals surface area contributed by atoms with Gasteiger partial charge in [0, 0.05) is 18.7 Å². The lowest BCUT2D eigenvalue weighted by Crippen LogP contribution is -2.41. The van der Waals surface area contributed by atoms with Crippen molar-refractivity contribution in [2.75, 3.05) is 13.1 Å². The molecular weight excluding hydrogens is 416 g/mol. The van der Waals surface area contributed by atoms with Gasteiger partial charge in [-0.1, -0.05) is 65.8 Å². The molecule has 4 aromatic rings. The Morgan fingerprint density at radius 2 is 1.67 bits per heavy atom. The average molecular weight is 441 g/mol. The highest BCUT2D eigenvalue weighted by Gasteiger charge is 2.30. The number of carbonyl (C=O) groups is 2. The van der Waals surface area contributed by atoms with E-state index in [0.29, 0.717) is 41.1 Å². The van der Waals surface area contributed by atoms with Crippen molar-refractivity contribution >= 4 is 22.9 Å². The summed E-state index contributed by atoms with van der Waals surface area (Å²) in [5, 5.41) is 7.55. The van der Waals surface area contributed by atoms with Crippen molar-refractivity contribution in [3.63, 3.8) is 0 Å². The molecular formula is C26H24N4O3. The fourth-order valence-electron chi connectivity index (χ4n) is 4.29. The van der Waals surface area contributed by atoms with Crippen LogP contribution in [0.25, 0.3) is 22.4 Å². The lowest BCUT2D eigenvalue weighted by molar-refractivity contribution is -0.132. The Bertz CT molecular complexity index is 1300. The highest BCUT2D eigenvalue weighted by molar-refractivity contribution is 6.08. The molecule has 0 radical (unpaired) electrons. The van der Waals surface area contributed by atoms with Crippen LogP contribution in [0.5, 0.6) is 0 Å². The van der Waals surface area contributed by atoms with Gasteiger partial charge in [-0.05, 0) is 31.4 Å². The smallest absolute Gasteiger partial charge is 0.259 e. The van der Waals surface area contributed by atoms with Crippen molar-refractivity contribution in [2.45, 2.75) is 25.8 Å². The van der Waals surface area contributed by atoms with Gasteiger partial charge in [0.05, 0.1) is 22.3 Å². The molecule has 2 aromatic heterocycles. The van der Waals surface area contributed by atoms with Gasteiger partial charge in [0.2, 0.25) is 5.91 Å². The molecule has 5 rings (SSSR count). The van der Waals surface area contributed by atoms with Crippen LogP contribution < -0.4 is 5.32 Å². The van der Waals surface area contributed by atoms with Crippen LogP contribution in [-0.4, -0.2) is 39.9 Å². The lowest BCUT2D eigenvalue weighted by atomic mass is 10.0. The molecule has 0 aliphatic carbocycles. The summed E-state index contributed by atoms with van der Waals surface area (Å²) in [5.74, 6) is -0.463. The van der Waals surface area contributed by atoms with Crippen molar-refractivity contribution in [3.8, 4) is 11.3 Å². The molecule has 166 valence electrons. The van der Waals surface area contributed by atoms with E-state index in [1.54, 1.807) is 13.0 Å². The number of amides is 2. The molecule has 1 fully saturated rings. The number of hydrogen-bond donors (Lipinski definition) is 1. The van der Waals surface area contributed by atoms with E-state index in [-0.39, 0.29) is 11.8 Å². The Hall–Kier alpha value is -4.00. The van der Waals surface area contributed by atoms with E-state index < -0.39 is 6.04 Å². The van der Waals surface area contributed by atoms with Gasteiger partial charge in [0.25, 0.3) is 11.6 Å². The van der Waals surface area contributed by atoms with E-state index >= 15 is 0 Å². The van der Waals surface area contributed by atoms with Gasteiger partial charge in [0.1, 0.15) is 6.04 Å². The Labute approximate surface area is 191 Å². The fraction of sp³-hybridized carbons (Fsp3) is 0.231. The Morgan fingerprint density at radius 1 is 1.00 bits per heavy atom. The first-order chi connectivity index (χ1) is 16.1. The molecule has 0 spiro atoms. The Morgan fingerprint density at radius 3 is 2.36 bits per heavy atom. The molecule has 7 nitrogen and oxygen atoms in total. The predicted molar refractivity (Wildman–Crippen MR) is 124 cm³/mol. The molecule has 0 saturated carbocycles. The third kappa shape index (κ3) is 4.09. The topological polar surface area (TPSA) is 88.3 Å². The molecule has 33 heavy (non-hydrogen) atoms. The van der Waals surface area contributed by atoms with Gasteiger partial charge in [-0.3, -0.25) is 9.59 Å². The largest absolute Gasteiger partial charge is 0.341 e. The van der Waals surface area contributed by atoms with Crippen molar-refractivity contribution in [1.29, 1.82) is 0 Å². The zero-order valence-electron chi connectivity index (χ0n) is 18.3. The van der Waals surface area contributed by atoms with E-state index in [9.17, 15) is 9.59 Å². The van der Waals surface area contributed by atoms with Crippen LogP contribution in [0.4, 0.5) is 0 Å². The van der Waals surface area contributed by atoms with Crippen molar-refractivity contribution in [3.05, 3.63) is 83.6 Å². The van der Waals surface area contributed by atoms with Crippen LogP contribution in [0.2, 0.25) is 0 Å². The normalized spacial score (nSPS) is 14.4. The molecule has 1 atom stereocenters. The predicted octanol–water partition coefficient (Wildman–Crippen LogP) is 4.29. The zero-order chi connectivity index (χ0) is 22.8. The molecule has 7 heteroatoms. The van der Waals surface area contributed by atoms with Crippen LogP contribution in [0.15, 0.2) is 71.3 Å². The minimum atomic E-state index is -0.777. The lowest BCUT2D eigenvalue weighted by Gasteiger charge is -2.24.